The van der Waals surface area contributed by atoms with Crippen LogP contribution in [0.2, 0.25) is 0 Å². The Balaban J connectivity index is 1.83. The van der Waals surface area contributed by atoms with Gasteiger partial charge in [-0.05, 0) is 37.6 Å². The minimum absolute atomic E-state index is 0.200. The van der Waals surface area contributed by atoms with Gasteiger partial charge in [-0.2, -0.15) is 0 Å². The van der Waals surface area contributed by atoms with Gasteiger partial charge in [-0.15, -0.1) is 0 Å². The lowest BCUT2D eigenvalue weighted by atomic mass is 9.72. The van der Waals surface area contributed by atoms with E-state index in [2.05, 4.69) is 4.90 Å². The summed E-state index contributed by atoms with van der Waals surface area (Å²) in [4.78, 5) is 16.2. The molecule has 3 rings (SSSR count). The zero-order chi connectivity index (χ0) is 12.7. The monoisotopic (exact) mass is 252 g/mol. The lowest BCUT2D eigenvalue weighted by Gasteiger charge is -2.56. The van der Waals surface area contributed by atoms with Crippen molar-refractivity contribution in [3.8, 4) is 0 Å². The third-order valence-electron chi connectivity index (χ3n) is 5.25. The van der Waals surface area contributed by atoms with Gasteiger partial charge in [0.2, 0.25) is 5.91 Å². The Morgan fingerprint density at radius 3 is 2.78 bits per heavy atom. The Bertz CT molecular complexity index is 320. The van der Waals surface area contributed by atoms with E-state index in [0.717, 1.165) is 19.6 Å². The van der Waals surface area contributed by atoms with Gasteiger partial charge >= 0.3 is 0 Å². The van der Waals surface area contributed by atoms with Crippen LogP contribution in [0.25, 0.3) is 0 Å². The predicted octanol–water partition coefficient (Wildman–Crippen LogP) is 0.700. The third-order valence-corrected chi connectivity index (χ3v) is 5.25. The van der Waals surface area contributed by atoms with Crippen molar-refractivity contribution in [2.45, 2.75) is 44.7 Å². The molecule has 0 aromatic rings. The molecule has 0 unspecified atom stereocenters. The highest BCUT2D eigenvalue weighted by Gasteiger charge is 2.47. The van der Waals surface area contributed by atoms with Gasteiger partial charge in [-0.25, -0.2) is 0 Å². The van der Waals surface area contributed by atoms with E-state index in [9.17, 15) is 9.90 Å². The number of likely N-dealkylation sites (tertiary alicyclic amines) is 1. The molecule has 3 aliphatic heterocycles. The maximum atomic E-state index is 11.6. The molecule has 3 heterocycles. The summed E-state index contributed by atoms with van der Waals surface area (Å²) in [5.74, 6) is 1.31. The Morgan fingerprint density at radius 1 is 1.28 bits per heavy atom. The summed E-state index contributed by atoms with van der Waals surface area (Å²) in [6.45, 7) is 4.85. The van der Waals surface area contributed by atoms with Crippen LogP contribution >= 0.6 is 0 Å². The van der Waals surface area contributed by atoms with Crippen LogP contribution in [-0.4, -0.2) is 59.1 Å². The van der Waals surface area contributed by atoms with E-state index in [1.807, 2.05) is 4.90 Å². The van der Waals surface area contributed by atoms with Crippen LogP contribution in [0.15, 0.2) is 0 Å². The molecule has 4 atom stereocenters. The molecule has 4 nitrogen and oxygen atoms in total. The number of hydrogen-bond donors (Lipinski definition) is 1. The predicted molar refractivity (Wildman–Crippen MR) is 69.1 cm³/mol. The molecule has 4 heteroatoms. The van der Waals surface area contributed by atoms with Crippen LogP contribution in [0.1, 0.15) is 32.6 Å². The number of fused-ring (bicyclic) bond motifs is 4. The van der Waals surface area contributed by atoms with Gasteiger partial charge in [0.25, 0.3) is 0 Å². The fraction of sp³-hybridized carbons (Fsp3) is 0.929. The lowest BCUT2D eigenvalue weighted by Crippen LogP contribution is -2.64. The SMILES string of the molecule is CC(=O)N1C[C@H]2C[C@@H](C1)[C@H](CO)N1CCCC[C@@H]21. The normalized spacial score (nSPS) is 40.4. The van der Waals surface area contributed by atoms with Crippen LogP contribution in [-0.2, 0) is 4.79 Å². The molecule has 0 aromatic carbocycles. The maximum absolute atomic E-state index is 11.6. The van der Waals surface area contributed by atoms with Gasteiger partial charge in [0, 0.05) is 32.1 Å². The topological polar surface area (TPSA) is 43.8 Å². The smallest absolute Gasteiger partial charge is 0.219 e. The van der Waals surface area contributed by atoms with Gasteiger partial charge in [0.1, 0.15) is 0 Å². The van der Waals surface area contributed by atoms with E-state index >= 15 is 0 Å². The van der Waals surface area contributed by atoms with Crippen molar-refractivity contribution in [1.82, 2.24) is 9.80 Å². The largest absolute Gasteiger partial charge is 0.395 e. The third kappa shape index (κ3) is 1.95. The molecular formula is C14H24N2O2. The summed E-state index contributed by atoms with van der Waals surface area (Å²) >= 11 is 0. The zero-order valence-electron chi connectivity index (χ0n) is 11.2. The number of amides is 1. The molecule has 1 amide bonds. The van der Waals surface area contributed by atoms with E-state index < -0.39 is 0 Å². The fourth-order valence-electron chi connectivity index (χ4n) is 4.42. The van der Waals surface area contributed by atoms with Crippen LogP contribution in [0.5, 0.6) is 0 Å². The standard InChI is InChI=1S/C14H24N2O2/c1-10(18)15-7-11-6-12(8-15)14(9-17)16-5-3-2-4-13(11)16/h11-14,17H,2-9H2,1H3/t11-,12+,13+,14+/m1/s1. The van der Waals surface area contributed by atoms with Crippen molar-refractivity contribution in [1.29, 1.82) is 0 Å². The van der Waals surface area contributed by atoms with Crippen molar-refractivity contribution in [3.05, 3.63) is 0 Å². The van der Waals surface area contributed by atoms with Crippen molar-refractivity contribution in [3.63, 3.8) is 0 Å². The number of carbonyl (C=O) groups excluding carboxylic acids is 1. The molecule has 0 spiro atoms. The summed E-state index contributed by atoms with van der Waals surface area (Å²) in [7, 11) is 0. The average molecular weight is 252 g/mol. The second-order valence-corrected chi connectivity index (χ2v) is 6.23. The molecule has 3 fully saturated rings. The van der Waals surface area contributed by atoms with Crippen LogP contribution in [0, 0.1) is 11.8 Å². The lowest BCUT2D eigenvalue weighted by molar-refractivity contribution is -0.140. The summed E-state index contributed by atoms with van der Waals surface area (Å²) in [5.41, 5.74) is 0. The van der Waals surface area contributed by atoms with Crippen molar-refractivity contribution in [2.75, 3.05) is 26.2 Å². The number of rotatable bonds is 1. The van der Waals surface area contributed by atoms with Crippen LogP contribution in [0.4, 0.5) is 0 Å². The van der Waals surface area contributed by atoms with Crippen LogP contribution in [0.3, 0.4) is 0 Å². The number of aliphatic hydroxyl groups excluding tert-OH is 1. The Labute approximate surface area is 109 Å². The van der Waals surface area contributed by atoms with Crippen LogP contribution < -0.4 is 0 Å². The van der Waals surface area contributed by atoms with Gasteiger partial charge in [-0.3, -0.25) is 9.69 Å². The number of nitrogens with zero attached hydrogens (tertiary/aromatic N) is 2. The average Bonchev–Trinajstić information content (AvgIpc) is 2.39. The van der Waals surface area contributed by atoms with Gasteiger partial charge in [0.05, 0.1) is 6.61 Å². The molecule has 3 aliphatic rings. The minimum Gasteiger partial charge on any atom is -0.395 e. The Morgan fingerprint density at radius 2 is 2.06 bits per heavy atom. The molecule has 0 aliphatic carbocycles. The van der Waals surface area contributed by atoms with Crippen molar-refractivity contribution >= 4 is 5.91 Å². The number of hydrogen-bond acceptors (Lipinski definition) is 3. The van der Waals surface area contributed by atoms with E-state index in [1.54, 1.807) is 6.92 Å². The van der Waals surface area contributed by atoms with E-state index in [4.69, 9.17) is 0 Å². The quantitative estimate of drug-likeness (QED) is 0.747. The second kappa shape index (κ2) is 4.82. The summed E-state index contributed by atoms with van der Waals surface area (Å²) < 4.78 is 0. The molecule has 18 heavy (non-hydrogen) atoms. The molecule has 2 bridgehead atoms. The first-order valence-corrected chi connectivity index (χ1v) is 7.33. The molecule has 0 saturated carbocycles. The second-order valence-electron chi connectivity index (χ2n) is 6.23. The first-order valence-electron chi connectivity index (χ1n) is 7.33. The molecule has 0 aromatic heterocycles. The molecule has 102 valence electrons. The van der Waals surface area contributed by atoms with Gasteiger partial charge in [0.15, 0.2) is 0 Å². The first kappa shape index (κ1) is 12.4. The minimum atomic E-state index is 0.200. The first-order chi connectivity index (χ1) is 8.70. The maximum Gasteiger partial charge on any atom is 0.219 e. The van der Waals surface area contributed by atoms with Gasteiger partial charge in [-0.1, -0.05) is 6.42 Å². The van der Waals surface area contributed by atoms with E-state index in [0.29, 0.717) is 17.9 Å². The molecule has 0 radical (unpaired) electrons. The van der Waals surface area contributed by atoms with Crippen molar-refractivity contribution in [2.24, 2.45) is 11.8 Å². The number of aliphatic hydroxyl groups is 1. The summed E-state index contributed by atoms with van der Waals surface area (Å²) in [6.07, 6.45) is 5.03. The van der Waals surface area contributed by atoms with Crippen molar-refractivity contribution < 1.29 is 9.90 Å². The van der Waals surface area contributed by atoms with Gasteiger partial charge < -0.3 is 10.0 Å². The molecule has 1 N–H and O–H groups in total. The van der Waals surface area contributed by atoms with E-state index in [-0.39, 0.29) is 18.6 Å². The zero-order valence-corrected chi connectivity index (χ0v) is 11.2. The highest BCUT2D eigenvalue weighted by Crippen LogP contribution is 2.40. The highest BCUT2D eigenvalue weighted by molar-refractivity contribution is 5.73. The summed E-state index contributed by atoms with van der Waals surface area (Å²) in [6, 6.07) is 0.892. The van der Waals surface area contributed by atoms with E-state index in [1.165, 1.54) is 25.7 Å². The number of carbonyl (C=O) groups is 1. The number of piperidine rings is 3. The summed E-state index contributed by atoms with van der Waals surface area (Å²) in [5, 5.41) is 9.72. The Hall–Kier alpha value is -0.610. The molecular weight excluding hydrogens is 228 g/mol. The Kier molecular flexibility index (Phi) is 3.32. The fourth-order valence-corrected chi connectivity index (χ4v) is 4.42. The molecule has 3 saturated heterocycles. The highest BCUT2D eigenvalue weighted by atomic mass is 16.3.